The summed E-state index contributed by atoms with van der Waals surface area (Å²) in [5.74, 6) is 0.0495. The molecule has 1 amide bonds. The van der Waals surface area contributed by atoms with Crippen molar-refractivity contribution in [3.05, 3.63) is 0 Å². The number of sulfone groups is 1. The first-order chi connectivity index (χ1) is 8.54. The van der Waals surface area contributed by atoms with Gasteiger partial charge in [-0.25, -0.2) is 8.42 Å². The van der Waals surface area contributed by atoms with Crippen LogP contribution < -0.4 is 11.1 Å². The highest BCUT2D eigenvalue weighted by atomic mass is 32.2. The molecular formula is C13H26N2O3S. The summed E-state index contributed by atoms with van der Waals surface area (Å²) in [5, 5.41) is 2.92. The zero-order valence-corrected chi connectivity index (χ0v) is 13.1. The number of nitrogens with two attached hydrogens (primary N) is 1. The van der Waals surface area contributed by atoms with E-state index in [0.717, 1.165) is 31.9 Å². The Kier molecular flexibility index (Phi) is 4.67. The third-order valence-electron chi connectivity index (χ3n) is 4.33. The molecule has 0 aromatic carbocycles. The summed E-state index contributed by atoms with van der Waals surface area (Å²) in [6.45, 7) is 5.36. The van der Waals surface area contributed by atoms with Crippen LogP contribution in [0.15, 0.2) is 0 Å². The van der Waals surface area contributed by atoms with Crippen LogP contribution in [0.25, 0.3) is 0 Å². The Bertz CT molecular complexity index is 445. The van der Waals surface area contributed by atoms with Gasteiger partial charge in [0.1, 0.15) is 4.75 Å². The second-order valence-corrected chi connectivity index (χ2v) is 8.99. The van der Waals surface area contributed by atoms with Crippen LogP contribution in [0.4, 0.5) is 0 Å². The van der Waals surface area contributed by atoms with E-state index in [1.807, 2.05) is 0 Å². The van der Waals surface area contributed by atoms with Crippen molar-refractivity contribution >= 4 is 15.7 Å². The molecule has 0 aliphatic heterocycles. The van der Waals surface area contributed by atoms with Gasteiger partial charge in [0.15, 0.2) is 9.84 Å². The van der Waals surface area contributed by atoms with Crippen LogP contribution in [0.5, 0.6) is 0 Å². The second-order valence-electron chi connectivity index (χ2n) is 6.42. The molecule has 112 valence electrons. The maximum Gasteiger partial charge on any atom is 0.241 e. The number of carbonyl (C=O) groups excluding carboxylic acids is 1. The average molecular weight is 290 g/mol. The molecule has 0 spiro atoms. The summed E-state index contributed by atoms with van der Waals surface area (Å²) in [5.41, 5.74) is 5.39. The zero-order chi connectivity index (χ0) is 14.9. The first kappa shape index (κ1) is 16.4. The maximum absolute atomic E-state index is 12.3. The Balaban J connectivity index is 2.90. The van der Waals surface area contributed by atoms with E-state index in [2.05, 4.69) is 12.2 Å². The van der Waals surface area contributed by atoms with E-state index in [4.69, 9.17) is 5.73 Å². The van der Waals surface area contributed by atoms with Crippen molar-refractivity contribution in [2.45, 2.75) is 56.7 Å². The van der Waals surface area contributed by atoms with Crippen LogP contribution >= 0.6 is 0 Å². The fourth-order valence-corrected chi connectivity index (χ4v) is 2.96. The summed E-state index contributed by atoms with van der Waals surface area (Å²) >= 11 is 0. The highest BCUT2D eigenvalue weighted by Crippen LogP contribution is 2.32. The van der Waals surface area contributed by atoms with E-state index in [9.17, 15) is 13.2 Å². The van der Waals surface area contributed by atoms with Crippen LogP contribution in [0, 0.1) is 5.92 Å². The largest absolute Gasteiger partial charge is 0.348 e. The quantitative estimate of drug-likeness (QED) is 0.802. The van der Waals surface area contributed by atoms with Gasteiger partial charge in [0.2, 0.25) is 5.91 Å². The van der Waals surface area contributed by atoms with Gasteiger partial charge >= 0.3 is 0 Å². The van der Waals surface area contributed by atoms with Crippen molar-refractivity contribution in [3.63, 3.8) is 0 Å². The molecule has 6 heteroatoms. The van der Waals surface area contributed by atoms with E-state index in [0.29, 0.717) is 12.5 Å². The number of rotatable bonds is 4. The maximum atomic E-state index is 12.3. The highest BCUT2D eigenvalue weighted by Gasteiger charge is 2.43. The molecule has 1 saturated carbocycles. The van der Waals surface area contributed by atoms with Crippen LogP contribution in [0.3, 0.4) is 0 Å². The molecular weight excluding hydrogens is 264 g/mol. The summed E-state index contributed by atoms with van der Waals surface area (Å²) in [6.07, 6.45) is 4.87. The Labute approximate surface area is 116 Å². The Hall–Kier alpha value is -0.620. The first-order valence-electron chi connectivity index (χ1n) is 6.76. The number of amides is 1. The lowest BCUT2D eigenvalue weighted by atomic mass is 9.76. The molecule has 19 heavy (non-hydrogen) atoms. The van der Waals surface area contributed by atoms with E-state index in [1.165, 1.54) is 13.8 Å². The lowest BCUT2D eigenvalue weighted by molar-refractivity contribution is -0.125. The molecule has 0 saturated heterocycles. The van der Waals surface area contributed by atoms with Gasteiger partial charge < -0.3 is 11.1 Å². The molecule has 0 radical (unpaired) electrons. The second kappa shape index (κ2) is 5.40. The molecule has 0 aromatic heterocycles. The third kappa shape index (κ3) is 3.48. The van der Waals surface area contributed by atoms with Gasteiger partial charge in [-0.1, -0.05) is 19.8 Å². The molecule has 1 rings (SSSR count). The Morgan fingerprint density at radius 2 is 2.05 bits per heavy atom. The molecule has 0 aromatic rings. The monoisotopic (exact) mass is 290 g/mol. The third-order valence-corrected chi connectivity index (χ3v) is 6.37. The van der Waals surface area contributed by atoms with Gasteiger partial charge in [0.25, 0.3) is 0 Å². The van der Waals surface area contributed by atoms with E-state index >= 15 is 0 Å². The predicted molar refractivity (Wildman–Crippen MR) is 76.5 cm³/mol. The molecule has 0 heterocycles. The minimum Gasteiger partial charge on any atom is -0.348 e. The molecule has 3 N–H and O–H groups in total. The first-order valence-corrected chi connectivity index (χ1v) is 8.65. The summed E-state index contributed by atoms with van der Waals surface area (Å²) in [7, 11) is -3.45. The van der Waals surface area contributed by atoms with Gasteiger partial charge in [-0.05, 0) is 32.6 Å². The van der Waals surface area contributed by atoms with Gasteiger partial charge in [0.05, 0.1) is 5.54 Å². The van der Waals surface area contributed by atoms with E-state index in [1.54, 1.807) is 0 Å². The fourth-order valence-electron chi connectivity index (χ4n) is 2.57. The van der Waals surface area contributed by atoms with Crippen LogP contribution in [-0.2, 0) is 14.6 Å². The normalized spacial score (nSPS) is 29.0. The highest BCUT2D eigenvalue weighted by molar-refractivity contribution is 7.92. The van der Waals surface area contributed by atoms with Gasteiger partial charge in [-0.3, -0.25) is 4.79 Å². The average Bonchev–Trinajstić information content (AvgIpc) is 2.27. The van der Waals surface area contributed by atoms with Gasteiger partial charge in [-0.2, -0.15) is 0 Å². The summed E-state index contributed by atoms with van der Waals surface area (Å²) < 4.78 is 22.0. The van der Waals surface area contributed by atoms with E-state index in [-0.39, 0.29) is 0 Å². The molecule has 2 unspecified atom stereocenters. The molecule has 1 aliphatic carbocycles. The van der Waals surface area contributed by atoms with Gasteiger partial charge in [-0.15, -0.1) is 0 Å². The Morgan fingerprint density at radius 1 is 1.47 bits per heavy atom. The van der Waals surface area contributed by atoms with Crippen LogP contribution in [0.2, 0.25) is 0 Å². The number of carbonyl (C=O) groups is 1. The SMILES string of the molecule is CC1CCCC(CN)(NC(=O)C(C)(C)S(C)(=O)=O)C1. The van der Waals surface area contributed by atoms with Crippen LogP contribution in [0.1, 0.15) is 46.5 Å². The number of hydrogen-bond acceptors (Lipinski definition) is 4. The van der Waals surface area contributed by atoms with Crippen molar-refractivity contribution in [3.8, 4) is 0 Å². The van der Waals surface area contributed by atoms with Crippen molar-refractivity contribution in [1.29, 1.82) is 0 Å². The zero-order valence-electron chi connectivity index (χ0n) is 12.3. The van der Waals surface area contributed by atoms with Crippen molar-refractivity contribution < 1.29 is 13.2 Å². The number of nitrogens with one attached hydrogen (secondary N) is 1. The standard InChI is InChI=1S/C13H26N2O3S/c1-10-6-5-7-13(8-10,9-14)15-11(16)12(2,3)19(4,17)18/h10H,5-9,14H2,1-4H3,(H,15,16). The Morgan fingerprint density at radius 3 is 2.47 bits per heavy atom. The fraction of sp³-hybridized carbons (Fsp3) is 0.923. The molecule has 1 fully saturated rings. The minimum atomic E-state index is -3.45. The van der Waals surface area contributed by atoms with Crippen molar-refractivity contribution in [2.24, 2.45) is 11.7 Å². The summed E-state index contributed by atoms with van der Waals surface area (Å²) in [4.78, 5) is 12.3. The summed E-state index contributed by atoms with van der Waals surface area (Å²) in [6, 6.07) is 0. The molecule has 5 nitrogen and oxygen atoms in total. The van der Waals surface area contributed by atoms with Crippen molar-refractivity contribution in [2.75, 3.05) is 12.8 Å². The topological polar surface area (TPSA) is 89.3 Å². The minimum absolute atomic E-state index is 0.350. The lowest BCUT2D eigenvalue weighted by Crippen LogP contribution is -2.61. The van der Waals surface area contributed by atoms with Crippen molar-refractivity contribution in [1.82, 2.24) is 5.32 Å². The van der Waals surface area contributed by atoms with E-state index < -0.39 is 26.0 Å². The predicted octanol–water partition coefficient (Wildman–Crippen LogP) is 0.833. The van der Waals surface area contributed by atoms with Gasteiger partial charge in [0, 0.05) is 12.8 Å². The lowest BCUT2D eigenvalue weighted by Gasteiger charge is -2.41. The smallest absolute Gasteiger partial charge is 0.241 e. The number of hydrogen-bond donors (Lipinski definition) is 2. The molecule has 2 atom stereocenters. The molecule has 0 bridgehead atoms. The van der Waals surface area contributed by atoms with Crippen LogP contribution in [-0.4, -0.2) is 37.4 Å². The molecule has 1 aliphatic rings.